The lowest BCUT2D eigenvalue weighted by Gasteiger charge is -2.45. The van der Waals surface area contributed by atoms with Crippen molar-refractivity contribution in [2.75, 3.05) is 26.3 Å². The van der Waals surface area contributed by atoms with Gasteiger partial charge in [0.05, 0.1) is 39.8 Å². The van der Waals surface area contributed by atoms with Gasteiger partial charge in [0.25, 0.3) is 0 Å². The maximum atomic E-state index is 13.2. The molecule has 7 nitrogen and oxygen atoms in total. The first-order valence-corrected chi connectivity index (χ1v) is 18.2. The highest BCUT2D eigenvalue weighted by Crippen LogP contribution is 2.38. The van der Waals surface area contributed by atoms with Gasteiger partial charge in [-0.3, -0.25) is 9.59 Å². The second-order valence-corrected chi connectivity index (χ2v) is 17.0. The number of ether oxygens (including phenoxy) is 2. The van der Waals surface area contributed by atoms with Gasteiger partial charge in [-0.2, -0.15) is 0 Å². The molecule has 264 valence electrons. The lowest BCUT2D eigenvalue weighted by atomic mass is 9.79. The monoisotopic (exact) mass is 730 g/mol. The number of carbonyl (C=O) groups is 2. The van der Waals surface area contributed by atoms with Crippen LogP contribution in [0.4, 0.5) is 0 Å². The zero-order valence-electron chi connectivity index (χ0n) is 28.9. The van der Waals surface area contributed by atoms with Crippen LogP contribution >= 0.6 is 35.6 Å². The van der Waals surface area contributed by atoms with Crippen molar-refractivity contribution >= 4 is 58.5 Å². The molecule has 47 heavy (non-hydrogen) atoms. The van der Waals surface area contributed by atoms with Crippen molar-refractivity contribution in [1.29, 1.82) is 0 Å². The molecule has 0 spiro atoms. The summed E-state index contributed by atoms with van der Waals surface area (Å²) in [4.78, 5) is 24.4. The fourth-order valence-corrected chi connectivity index (χ4v) is 7.72. The zero-order chi connectivity index (χ0) is 34.1. The number of carbonyl (C=O) groups excluding carboxylic acids is 2. The first-order valence-electron chi connectivity index (χ1n) is 16.4. The third-order valence-corrected chi connectivity index (χ3v) is 11.2. The Morgan fingerprint density at radius 2 is 1.32 bits per heavy atom. The normalized spacial score (nSPS) is 25.4. The third kappa shape index (κ3) is 12.0. The maximum absolute atomic E-state index is 13.2. The number of halogens is 3. The average molecular weight is 732 g/mol. The SMILES string of the molecule is CCOC(=O)C1(C)CCC(Cc2ccc(Cl)cc2)N(S(=O)C(C)(C)C)C1.CCOC(=O)C1(C)CCC(Cc2ccc(Cl)cc2)NC1.Cl. The highest BCUT2D eigenvalue weighted by Gasteiger charge is 2.46. The van der Waals surface area contributed by atoms with Gasteiger partial charge in [0.15, 0.2) is 0 Å². The minimum absolute atomic E-state index is 0. The topological polar surface area (TPSA) is 84.9 Å². The van der Waals surface area contributed by atoms with E-state index in [1.165, 1.54) is 5.56 Å². The molecule has 0 amide bonds. The van der Waals surface area contributed by atoms with E-state index in [-0.39, 0.29) is 40.5 Å². The van der Waals surface area contributed by atoms with Gasteiger partial charge in [-0.05, 0) is 122 Å². The summed E-state index contributed by atoms with van der Waals surface area (Å²) >= 11 is 11.9. The van der Waals surface area contributed by atoms with Crippen molar-refractivity contribution in [3.63, 3.8) is 0 Å². The van der Waals surface area contributed by atoms with E-state index in [0.29, 0.717) is 37.4 Å². The first kappa shape index (κ1) is 41.5. The van der Waals surface area contributed by atoms with Crippen LogP contribution in [0.15, 0.2) is 48.5 Å². The summed E-state index contributed by atoms with van der Waals surface area (Å²) < 4.78 is 25.3. The van der Waals surface area contributed by atoms with Gasteiger partial charge in [0.2, 0.25) is 0 Å². The molecule has 2 heterocycles. The summed E-state index contributed by atoms with van der Waals surface area (Å²) in [5.74, 6) is -0.279. The fourth-order valence-electron chi connectivity index (χ4n) is 5.91. The molecule has 0 saturated carbocycles. The molecule has 5 unspecified atom stereocenters. The van der Waals surface area contributed by atoms with E-state index in [4.69, 9.17) is 32.7 Å². The average Bonchev–Trinajstić information content (AvgIpc) is 3.01. The molecule has 2 aliphatic heterocycles. The number of hydrogen-bond acceptors (Lipinski definition) is 6. The number of hydrogen-bond donors (Lipinski definition) is 1. The van der Waals surface area contributed by atoms with Crippen LogP contribution in [0, 0.1) is 10.8 Å². The molecule has 0 aliphatic carbocycles. The number of esters is 2. The minimum atomic E-state index is -1.20. The van der Waals surface area contributed by atoms with Crippen molar-refractivity contribution < 1.29 is 23.3 Å². The van der Waals surface area contributed by atoms with Gasteiger partial charge >= 0.3 is 11.9 Å². The van der Waals surface area contributed by atoms with Crippen LogP contribution in [0.5, 0.6) is 0 Å². The largest absolute Gasteiger partial charge is 0.466 e. The lowest BCUT2D eigenvalue weighted by Crippen LogP contribution is -2.55. The molecule has 1 N–H and O–H groups in total. The van der Waals surface area contributed by atoms with Crippen LogP contribution in [0.25, 0.3) is 0 Å². The zero-order valence-corrected chi connectivity index (χ0v) is 32.1. The first-order chi connectivity index (χ1) is 21.6. The molecule has 11 heteroatoms. The van der Waals surface area contributed by atoms with E-state index in [1.807, 2.05) is 89.2 Å². The highest BCUT2D eigenvalue weighted by atomic mass is 35.5. The Balaban J connectivity index is 0.000000330. The Morgan fingerprint density at radius 3 is 1.77 bits per heavy atom. The Morgan fingerprint density at radius 1 is 0.851 bits per heavy atom. The quantitative estimate of drug-likeness (QED) is 0.263. The molecular formula is C36H53Cl3N2O5S. The number of piperidine rings is 2. The van der Waals surface area contributed by atoms with E-state index >= 15 is 0 Å². The smallest absolute Gasteiger partial charge is 0.313 e. The molecule has 0 radical (unpaired) electrons. The fraction of sp³-hybridized carbons (Fsp3) is 0.611. The Kier molecular flexibility index (Phi) is 16.2. The second kappa shape index (κ2) is 18.4. The van der Waals surface area contributed by atoms with Gasteiger partial charge in [-0.25, -0.2) is 8.51 Å². The van der Waals surface area contributed by atoms with Gasteiger partial charge in [0, 0.05) is 35.2 Å². The summed E-state index contributed by atoms with van der Waals surface area (Å²) in [7, 11) is -1.20. The third-order valence-electron chi connectivity index (χ3n) is 8.82. The molecule has 2 saturated heterocycles. The van der Waals surface area contributed by atoms with Crippen LogP contribution in [0.3, 0.4) is 0 Å². The van der Waals surface area contributed by atoms with Crippen molar-refractivity contribution in [2.45, 2.75) is 104 Å². The Labute approximate surface area is 300 Å². The molecular weight excluding hydrogens is 679 g/mol. The van der Waals surface area contributed by atoms with E-state index in [1.54, 1.807) is 0 Å². The molecule has 0 aromatic heterocycles. The second-order valence-electron chi connectivity index (χ2n) is 14.0. The van der Waals surface area contributed by atoms with Gasteiger partial charge in [-0.15, -0.1) is 12.4 Å². The predicted octanol–water partition coefficient (Wildman–Crippen LogP) is 8.00. The number of nitrogens with zero attached hydrogens (tertiary/aromatic N) is 1. The summed E-state index contributed by atoms with van der Waals surface area (Å²) in [6, 6.07) is 16.3. The van der Waals surface area contributed by atoms with Crippen LogP contribution in [0.1, 0.15) is 85.3 Å². The van der Waals surface area contributed by atoms with Gasteiger partial charge in [-0.1, -0.05) is 47.5 Å². The predicted molar refractivity (Wildman–Crippen MR) is 196 cm³/mol. The van der Waals surface area contributed by atoms with E-state index in [9.17, 15) is 13.8 Å². The minimum Gasteiger partial charge on any atom is -0.466 e. The lowest BCUT2D eigenvalue weighted by molar-refractivity contribution is -0.157. The van der Waals surface area contributed by atoms with Crippen LogP contribution in [-0.4, -0.2) is 63.6 Å². The van der Waals surface area contributed by atoms with E-state index < -0.39 is 16.4 Å². The number of benzene rings is 2. The van der Waals surface area contributed by atoms with E-state index in [2.05, 4.69) is 17.4 Å². The van der Waals surface area contributed by atoms with Crippen molar-refractivity contribution in [1.82, 2.24) is 9.62 Å². The van der Waals surface area contributed by atoms with Gasteiger partial charge in [0.1, 0.15) is 0 Å². The summed E-state index contributed by atoms with van der Waals surface area (Å²) in [6.07, 6.45) is 5.16. The molecule has 0 bridgehead atoms. The number of nitrogens with one attached hydrogen (secondary N) is 1. The van der Waals surface area contributed by atoms with Crippen molar-refractivity contribution in [3.8, 4) is 0 Å². The standard InChI is InChI=1S/C20H30ClNO3S.C16H22ClNO2.ClH/c1-6-25-18(23)20(5)12-11-17(13-15-7-9-16(21)10-8-15)22(14-20)26(24)19(2,3)4;1-3-20-15(19)16(2)9-8-14(18-11-16)10-12-4-6-13(17)7-5-12;/h7-10,17H,6,11-14H2,1-5H3;4-7,14,18H,3,8-11H2,1-2H3;1H. The summed E-state index contributed by atoms with van der Waals surface area (Å²) in [5.41, 5.74) is 1.43. The molecule has 5 atom stereocenters. The van der Waals surface area contributed by atoms with Crippen molar-refractivity contribution in [2.24, 2.45) is 10.8 Å². The number of rotatable bonds is 9. The molecule has 2 fully saturated rings. The van der Waals surface area contributed by atoms with Crippen LogP contribution in [-0.2, 0) is 42.9 Å². The van der Waals surface area contributed by atoms with E-state index in [0.717, 1.165) is 49.1 Å². The summed E-state index contributed by atoms with van der Waals surface area (Å²) in [6.45, 7) is 15.4. The molecule has 2 aromatic carbocycles. The Bertz CT molecular complexity index is 1310. The Hall–Kier alpha value is -1.68. The van der Waals surface area contributed by atoms with Crippen LogP contribution in [0.2, 0.25) is 10.0 Å². The van der Waals surface area contributed by atoms with Crippen molar-refractivity contribution in [3.05, 3.63) is 69.7 Å². The highest BCUT2D eigenvalue weighted by molar-refractivity contribution is 7.84. The van der Waals surface area contributed by atoms with Gasteiger partial charge < -0.3 is 14.8 Å². The molecule has 2 aliphatic rings. The maximum Gasteiger partial charge on any atom is 0.313 e. The molecule has 4 rings (SSSR count). The summed E-state index contributed by atoms with van der Waals surface area (Å²) in [5, 5.41) is 4.95. The molecule has 2 aromatic rings. The van der Waals surface area contributed by atoms with Crippen LogP contribution < -0.4 is 5.32 Å².